The highest BCUT2D eigenvalue weighted by Gasteiger charge is 2.34. The Morgan fingerprint density at radius 1 is 1.37 bits per heavy atom. The number of nitrogens with zero attached hydrogens (tertiary/aromatic N) is 2. The van der Waals surface area contributed by atoms with Crippen molar-refractivity contribution in [2.24, 2.45) is 5.92 Å². The first-order valence-electron chi connectivity index (χ1n) is 9.22. The van der Waals surface area contributed by atoms with Crippen LogP contribution < -0.4 is 5.32 Å². The van der Waals surface area contributed by atoms with Crippen molar-refractivity contribution >= 4 is 17.5 Å². The highest BCUT2D eigenvalue weighted by atomic mass is 35.5. The summed E-state index contributed by atoms with van der Waals surface area (Å²) in [6.45, 7) is 4.47. The molecular weight excluding hydrogens is 366 g/mol. The van der Waals surface area contributed by atoms with Gasteiger partial charge in [-0.3, -0.25) is 9.69 Å². The molecular formula is C20H26ClN3O3. The summed E-state index contributed by atoms with van der Waals surface area (Å²) in [5.74, 6) is 1.20. The molecule has 1 aliphatic rings. The molecule has 0 unspecified atom stereocenters. The Morgan fingerprint density at radius 3 is 2.81 bits per heavy atom. The van der Waals surface area contributed by atoms with Gasteiger partial charge in [-0.15, -0.1) is 0 Å². The van der Waals surface area contributed by atoms with E-state index in [1.165, 1.54) is 0 Å². The molecule has 146 valence electrons. The first-order valence-corrected chi connectivity index (χ1v) is 9.60. The molecule has 1 N–H and O–H groups in total. The van der Waals surface area contributed by atoms with Crippen LogP contribution in [0.15, 0.2) is 34.9 Å². The standard InChI is InChI=1S/C20H26ClN3O3/c1-14-9-18(27-23-14)10-16-11-24(12-19(16)26-2)13-20(25)22-8-7-15-3-5-17(21)6-4-15/h3-6,9,16,19H,7-8,10-13H2,1-2H3,(H,22,25)/t16-,19+/m1/s1. The fourth-order valence-corrected chi connectivity index (χ4v) is 3.67. The fraction of sp³-hybridized carbons (Fsp3) is 0.500. The fourth-order valence-electron chi connectivity index (χ4n) is 3.55. The predicted molar refractivity (Wildman–Crippen MR) is 104 cm³/mol. The van der Waals surface area contributed by atoms with Crippen LogP contribution in [0.3, 0.4) is 0 Å². The quantitative estimate of drug-likeness (QED) is 0.748. The van der Waals surface area contributed by atoms with Crippen LogP contribution in [0.2, 0.25) is 5.02 Å². The van der Waals surface area contributed by atoms with Crippen molar-refractivity contribution in [2.45, 2.75) is 25.9 Å². The van der Waals surface area contributed by atoms with Gasteiger partial charge in [0.05, 0.1) is 18.3 Å². The predicted octanol–water partition coefficient (Wildman–Crippen LogP) is 2.48. The number of aromatic nitrogens is 1. The van der Waals surface area contributed by atoms with E-state index < -0.39 is 0 Å². The molecule has 1 aromatic carbocycles. The number of likely N-dealkylation sites (tertiary alicyclic amines) is 1. The zero-order chi connectivity index (χ0) is 19.2. The van der Waals surface area contributed by atoms with Gasteiger partial charge in [0.2, 0.25) is 5.91 Å². The SMILES string of the molecule is CO[C@H]1CN(CC(=O)NCCc2ccc(Cl)cc2)C[C@H]1Cc1cc(C)no1. The van der Waals surface area contributed by atoms with Gasteiger partial charge in [0.15, 0.2) is 0 Å². The summed E-state index contributed by atoms with van der Waals surface area (Å²) in [5, 5.41) is 7.65. The summed E-state index contributed by atoms with van der Waals surface area (Å²) in [6, 6.07) is 9.65. The molecule has 2 heterocycles. The molecule has 0 radical (unpaired) electrons. The van der Waals surface area contributed by atoms with E-state index in [1.807, 2.05) is 37.3 Å². The number of nitrogens with one attached hydrogen (secondary N) is 1. The van der Waals surface area contributed by atoms with Crippen molar-refractivity contribution in [1.29, 1.82) is 0 Å². The first-order chi connectivity index (χ1) is 13.0. The Morgan fingerprint density at radius 2 is 2.15 bits per heavy atom. The molecule has 1 aliphatic heterocycles. The number of hydrogen-bond acceptors (Lipinski definition) is 5. The second kappa shape index (κ2) is 9.35. The van der Waals surface area contributed by atoms with E-state index in [0.29, 0.717) is 19.0 Å². The van der Waals surface area contributed by atoms with Crippen LogP contribution in [0.4, 0.5) is 0 Å². The summed E-state index contributed by atoms with van der Waals surface area (Å²) in [5.41, 5.74) is 2.04. The van der Waals surface area contributed by atoms with Gasteiger partial charge in [-0.25, -0.2) is 0 Å². The number of hydrogen-bond donors (Lipinski definition) is 1. The average Bonchev–Trinajstić information content (AvgIpc) is 3.22. The van der Waals surface area contributed by atoms with E-state index in [9.17, 15) is 4.79 Å². The van der Waals surface area contributed by atoms with Crippen molar-refractivity contribution in [1.82, 2.24) is 15.4 Å². The van der Waals surface area contributed by atoms with E-state index in [2.05, 4.69) is 15.4 Å². The highest BCUT2D eigenvalue weighted by molar-refractivity contribution is 6.30. The van der Waals surface area contributed by atoms with E-state index in [4.69, 9.17) is 20.9 Å². The summed E-state index contributed by atoms with van der Waals surface area (Å²) in [7, 11) is 1.72. The van der Waals surface area contributed by atoms with Gasteiger partial charge in [-0.1, -0.05) is 28.9 Å². The monoisotopic (exact) mass is 391 g/mol. The van der Waals surface area contributed by atoms with Gasteiger partial charge in [-0.2, -0.15) is 0 Å². The van der Waals surface area contributed by atoms with Crippen LogP contribution in [0.25, 0.3) is 0 Å². The summed E-state index contributed by atoms with van der Waals surface area (Å²) >= 11 is 5.88. The Labute approximate surface area is 164 Å². The Kier molecular flexibility index (Phi) is 6.88. The number of rotatable bonds is 8. The third-order valence-corrected chi connectivity index (χ3v) is 5.17. The number of benzene rings is 1. The number of methoxy groups -OCH3 is 1. The lowest BCUT2D eigenvalue weighted by Crippen LogP contribution is -2.37. The summed E-state index contributed by atoms with van der Waals surface area (Å²) in [4.78, 5) is 14.4. The minimum atomic E-state index is 0.0370. The van der Waals surface area contributed by atoms with Crippen molar-refractivity contribution < 1.29 is 14.1 Å². The smallest absolute Gasteiger partial charge is 0.234 e. The molecule has 1 amide bonds. The normalized spacial score (nSPS) is 20.1. The first kappa shape index (κ1) is 19.9. The molecule has 2 aromatic rings. The minimum Gasteiger partial charge on any atom is -0.380 e. The molecule has 7 heteroatoms. The second-order valence-corrected chi connectivity index (χ2v) is 7.53. The van der Waals surface area contributed by atoms with Crippen molar-refractivity contribution in [3.63, 3.8) is 0 Å². The molecule has 0 bridgehead atoms. The lowest BCUT2D eigenvalue weighted by atomic mass is 10.0. The van der Waals surface area contributed by atoms with Crippen LogP contribution in [0.5, 0.6) is 0 Å². The zero-order valence-electron chi connectivity index (χ0n) is 15.8. The van der Waals surface area contributed by atoms with Crippen LogP contribution in [0, 0.1) is 12.8 Å². The number of carbonyl (C=O) groups excluding carboxylic acids is 1. The number of carbonyl (C=O) groups is 1. The molecule has 2 atom stereocenters. The largest absolute Gasteiger partial charge is 0.380 e. The second-order valence-electron chi connectivity index (χ2n) is 7.09. The van der Waals surface area contributed by atoms with Gasteiger partial charge >= 0.3 is 0 Å². The van der Waals surface area contributed by atoms with Gasteiger partial charge in [0, 0.05) is 50.2 Å². The molecule has 1 aromatic heterocycles. The third-order valence-electron chi connectivity index (χ3n) is 4.92. The van der Waals surface area contributed by atoms with E-state index in [0.717, 1.165) is 48.0 Å². The van der Waals surface area contributed by atoms with Gasteiger partial charge < -0.3 is 14.6 Å². The maximum atomic E-state index is 12.3. The number of amides is 1. The molecule has 1 fully saturated rings. The summed E-state index contributed by atoms with van der Waals surface area (Å²) in [6.07, 6.45) is 1.66. The Bertz CT molecular complexity index is 747. The van der Waals surface area contributed by atoms with Gasteiger partial charge in [0.25, 0.3) is 0 Å². The van der Waals surface area contributed by atoms with Crippen molar-refractivity contribution in [2.75, 3.05) is 33.3 Å². The van der Waals surface area contributed by atoms with Crippen molar-refractivity contribution in [3.8, 4) is 0 Å². The van der Waals surface area contributed by atoms with Crippen LogP contribution in [-0.2, 0) is 22.4 Å². The average molecular weight is 392 g/mol. The third kappa shape index (κ3) is 5.79. The maximum Gasteiger partial charge on any atom is 0.234 e. The van der Waals surface area contributed by atoms with E-state index >= 15 is 0 Å². The maximum absolute atomic E-state index is 12.3. The lowest BCUT2D eigenvalue weighted by molar-refractivity contribution is -0.122. The molecule has 0 spiro atoms. The zero-order valence-corrected chi connectivity index (χ0v) is 16.5. The number of ether oxygens (including phenoxy) is 1. The molecule has 27 heavy (non-hydrogen) atoms. The molecule has 6 nitrogen and oxygen atoms in total. The van der Waals surface area contributed by atoms with E-state index in [-0.39, 0.29) is 12.0 Å². The lowest BCUT2D eigenvalue weighted by Gasteiger charge is -2.15. The van der Waals surface area contributed by atoms with Crippen LogP contribution in [0.1, 0.15) is 17.0 Å². The van der Waals surface area contributed by atoms with Gasteiger partial charge in [0.1, 0.15) is 5.76 Å². The molecule has 3 rings (SSSR count). The van der Waals surface area contributed by atoms with Crippen LogP contribution in [-0.4, -0.2) is 55.4 Å². The Balaban J connectivity index is 1.43. The van der Waals surface area contributed by atoms with Crippen molar-refractivity contribution in [3.05, 3.63) is 52.4 Å². The van der Waals surface area contributed by atoms with Gasteiger partial charge in [-0.05, 0) is 31.0 Å². The topological polar surface area (TPSA) is 67.6 Å². The number of halogens is 1. The Hall–Kier alpha value is -1.89. The molecule has 0 saturated carbocycles. The molecule has 0 aliphatic carbocycles. The highest BCUT2D eigenvalue weighted by Crippen LogP contribution is 2.23. The minimum absolute atomic E-state index is 0.0370. The summed E-state index contributed by atoms with van der Waals surface area (Å²) < 4.78 is 10.9. The molecule has 1 saturated heterocycles. The van der Waals surface area contributed by atoms with E-state index in [1.54, 1.807) is 7.11 Å². The number of aryl methyl sites for hydroxylation is 1. The van der Waals surface area contributed by atoms with Crippen LogP contribution >= 0.6 is 11.6 Å².